The highest BCUT2D eigenvalue weighted by molar-refractivity contribution is 5.79. The van der Waals surface area contributed by atoms with Gasteiger partial charge in [0.2, 0.25) is 5.91 Å². The lowest BCUT2D eigenvalue weighted by atomic mass is 9.78. The molecule has 3 aliphatic rings. The van der Waals surface area contributed by atoms with Gasteiger partial charge in [-0.1, -0.05) is 25.1 Å². The number of likely N-dealkylation sites (tertiary alicyclic amines) is 2. The van der Waals surface area contributed by atoms with E-state index in [1.165, 1.54) is 18.4 Å². The van der Waals surface area contributed by atoms with Crippen molar-refractivity contribution in [2.45, 2.75) is 70.6 Å². The first-order valence-corrected chi connectivity index (χ1v) is 13.4. The molecule has 2 aliphatic heterocycles. The first-order chi connectivity index (χ1) is 16.6. The van der Waals surface area contributed by atoms with Crippen molar-refractivity contribution in [3.05, 3.63) is 42.1 Å². The molecular weight excluding hydrogens is 424 g/mol. The number of hydrogen-bond acceptors (Lipinski definition) is 3. The first kappa shape index (κ1) is 24.6. The van der Waals surface area contributed by atoms with Gasteiger partial charge in [-0.3, -0.25) is 4.79 Å². The van der Waals surface area contributed by atoms with Gasteiger partial charge in [-0.15, -0.1) is 0 Å². The van der Waals surface area contributed by atoms with Gasteiger partial charge in [-0.2, -0.15) is 0 Å². The lowest BCUT2D eigenvalue weighted by Crippen LogP contribution is -2.43. The molecule has 6 nitrogen and oxygen atoms in total. The van der Waals surface area contributed by atoms with Crippen LogP contribution < -0.4 is 10.5 Å². The average molecular weight is 467 g/mol. The molecule has 2 saturated heterocycles. The van der Waals surface area contributed by atoms with Crippen molar-refractivity contribution in [3.63, 3.8) is 0 Å². The maximum atomic E-state index is 12.7. The van der Waals surface area contributed by atoms with Crippen molar-refractivity contribution in [1.29, 1.82) is 0 Å². The first-order valence-electron chi connectivity index (χ1n) is 13.4. The molecule has 4 rings (SSSR count). The zero-order valence-corrected chi connectivity index (χ0v) is 20.8. The zero-order valence-electron chi connectivity index (χ0n) is 20.8. The van der Waals surface area contributed by atoms with Gasteiger partial charge in [0, 0.05) is 38.3 Å². The SMILES string of the molecule is CC/C=C/N=C(\N)N1CCC(COc2ccc(C3CCC(C(=O)N4CCCC4)CC3)cc2)CC1. The number of guanidine groups is 1. The number of allylic oxidation sites excluding steroid dienone is 1. The van der Waals surface area contributed by atoms with Gasteiger partial charge in [0.05, 0.1) is 6.61 Å². The highest BCUT2D eigenvalue weighted by atomic mass is 16.5. The van der Waals surface area contributed by atoms with E-state index in [1.807, 2.05) is 6.08 Å². The minimum absolute atomic E-state index is 0.248. The molecule has 2 N–H and O–H groups in total. The van der Waals surface area contributed by atoms with E-state index in [2.05, 4.69) is 46.0 Å². The number of nitrogens with zero attached hydrogens (tertiary/aromatic N) is 3. The Balaban J connectivity index is 1.17. The van der Waals surface area contributed by atoms with Crippen LogP contribution in [0.4, 0.5) is 0 Å². The van der Waals surface area contributed by atoms with E-state index in [1.54, 1.807) is 6.20 Å². The van der Waals surface area contributed by atoms with E-state index in [0.29, 0.717) is 23.7 Å². The summed E-state index contributed by atoms with van der Waals surface area (Å²) < 4.78 is 6.13. The van der Waals surface area contributed by atoms with E-state index in [4.69, 9.17) is 10.5 Å². The molecule has 0 atom stereocenters. The van der Waals surface area contributed by atoms with Crippen molar-refractivity contribution in [3.8, 4) is 5.75 Å². The predicted octanol–water partition coefficient (Wildman–Crippen LogP) is 4.91. The summed E-state index contributed by atoms with van der Waals surface area (Å²) >= 11 is 0. The number of amides is 1. The monoisotopic (exact) mass is 466 g/mol. The smallest absolute Gasteiger partial charge is 0.225 e. The second-order valence-electron chi connectivity index (χ2n) is 10.2. The summed E-state index contributed by atoms with van der Waals surface area (Å²) in [7, 11) is 0. The number of nitrogens with two attached hydrogens (primary N) is 1. The minimum atomic E-state index is 0.248. The van der Waals surface area contributed by atoms with Crippen LogP contribution in [-0.2, 0) is 4.79 Å². The van der Waals surface area contributed by atoms with E-state index in [9.17, 15) is 4.79 Å². The Morgan fingerprint density at radius 3 is 2.32 bits per heavy atom. The Morgan fingerprint density at radius 1 is 1.00 bits per heavy atom. The number of rotatable bonds is 7. The summed E-state index contributed by atoms with van der Waals surface area (Å²) in [6.45, 7) is 6.66. The molecule has 0 aromatic heterocycles. The highest BCUT2D eigenvalue weighted by Gasteiger charge is 2.31. The van der Waals surface area contributed by atoms with E-state index < -0.39 is 0 Å². The normalized spacial score (nSPS) is 24.7. The maximum absolute atomic E-state index is 12.7. The van der Waals surface area contributed by atoms with Crippen LogP contribution in [0.2, 0.25) is 0 Å². The predicted molar refractivity (Wildman–Crippen MR) is 138 cm³/mol. The molecule has 1 aromatic rings. The van der Waals surface area contributed by atoms with Crippen molar-refractivity contribution < 1.29 is 9.53 Å². The van der Waals surface area contributed by atoms with Gasteiger partial charge in [-0.25, -0.2) is 4.99 Å². The summed E-state index contributed by atoms with van der Waals surface area (Å²) in [6, 6.07) is 8.70. The lowest BCUT2D eigenvalue weighted by molar-refractivity contribution is -0.135. The number of aliphatic imine (C=N–C) groups is 1. The van der Waals surface area contributed by atoms with Crippen LogP contribution in [0.5, 0.6) is 5.75 Å². The fourth-order valence-corrected chi connectivity index (χ4v) is 5.56. The van der Waals surface area contributed by atoms with E-state index in [-0.39, 0.29) is 5.92 Å². The van der Waals surface area contributed by atoms with Crippen molar-refractivity contribution >= 4 is 11.9 Å². The molecule has 34 heavy (non-hydrogen) atoms. The molecule has 6 heteroatoms. The summed E-state index contributed by atoms with van der Waals surface area (Å²) in [6.07, 6.45) is 13.6. The Kier molecular flexibility index (Phi) is 8.89. The van der Waals surface area contributed by atoms with Gasteiger partial charge >= 0.3 is 0 Å². The van der Waals surface area contributed by atoms with Crippen LogP contribution in [0.3, 0.4) is 0 Å². The molecule has 2 heterocycles. The van der Waals surface area contributed by atoms with Crippen LogP contribution in [0, 0.1) is 11.8 Å². The summed E-state index contributed by atoms with van der Waals surface area (Å²) in [4.78, 5) is 21.3. The molecule has 1 amide bonds. The minimum Gasteiger partial charge on any atom is -0.493 e. The van der Waals surface area contributed by atoms with Gasteiger partial charge in [0.25, 0.3) is 0 Å². The molecule has 0 radical (unpaired) electrons. The fraction of sp³-hybridized carbons (Fsp3) is 0.643. The van der Waals surface area contributed by atoms with Crippen molar-refractivity contribution in [1.82, 2.24) is 9.80 Å². The van der Waals surface area contributed by atoms with Gasteiger partial charge in [-0.05, 0) is 87.3 Å². The Labute approximate surface area is 205 Å². The van der Waals surface area contributed by atoms with Crippen LogP contribution in [-0.4, -0.2) is 54.5 Å². The van der Waals surface area contributed by atoms with E-state index in [0.717, 1.165) is 83.5 Å². The number of carbonyl (C=O) groups is 1. The number of ether oxygens (including phenoxy) is 1. The zero-order chi connectivity index (χ0) is 23.8. The van der Waals surface area contributed by atoms with Crippen LogP contribution >= 0.6 is 0 Å². The third kappa shape index (κ3) is 6.55. The fourth-order valence-electron chi connectivity index (χ4n) is 5.56. The van der Waals surface area contributed by atoms with Gasteiger partial charge < -0.3 is 20.3 Å². The number of carbonyl (C=O) groups excluding carboxylic acids is 1. The summed E-state index contributed by atoms with van der Waals surface area (Å²) in [5, 5.41) is 0. The van der Waals surface area contributed by atoms with Crippen molar-refractivity contribution in [2.24, 2.45) is 22.6 Å². The molecule has 1 aliphatic carbocycles. The Hall–Kier alpha value is -2.50. The molecule has 1 aromatic carbocycles. The summed E-state index contributed by atoms with van der Waals surface area (Å²) in [5.74, 6) is 3.36. The number of hydrogen-bond donors (Lipinski definition) is 1. The second kappa shape index (κ2) is 12.3. The van der Waals surface area contributed by atoms with Crippen LogP contribution in [0.15, 0.2) is 41.5 Å². The maximum Gasteiger partial charge on any atom is 0.225 e. The Morgan fingerprint density at radius 2 is 1.68 bits per heavy atom. The third-order valence-electron chi connectivity index (χ3n) is 7.82. The second-order valence-corrected chi connectivity index (χ2v) is 10.2. The largest absolute Gasteiger partial charge is 0.493 e. The molecule has 0 bridgehead atoms. The topological polar surface area (TPSA) is 71.2 Å². The van der Waals surface area contributed by atoms with Crippen LogP contribution in [0.1, 0.15) is 76.2 Å². The molecule has 186 valence electrons. The lowest BCUT2D eigenvalue weighted by Gasteiger charge is -2.32. The third-order valence-corrected chi connectivity index (χ3v) is 7.82. The highest BCUT2D eigenvalue weighted by Crippen LogP contribution is 2.37. The van der Waals surface area contributed by atoms with Crippen molar-refractivity contribution in [2.75, 3.05) is 32.8 Å². The average Bonchev–Trinajstić information content (AvgIpc) is 3.43. The van der Waals surface area contributed by atoms with Gasteiger partial charge in [0.15, 0.2) is 5.96 Å². The number of piperidine rings is 1. The molecule has 1 saturated carbocycles. The quantitative estimate of drug-likeness (QED) is 0.458. The molecule has 3 fully saturated rings. The Bertz CT molecular complexity index is 828. The number of benzene rings is 1. The van der Waals surface area contributed by atoms with Gasteiger partial charge in [0.1, 0.15) is 5.75 Å². The summed E-state index contributed by atoms with van der Waals surface area (Å²) in [5.41, 5.74) is 7.49. The standard InChI is InChI=1S/C28H42N4O2/c1-2-3-16-30-28(29)32-19-14-22(15-20-32)21-34-26-12-10-24(11-13-26)23-6-8-25(9-7-23)27(33)31-17-4-5-18-31/h3,10-13,16,22-23,25H,2,4-9,14-15,17-21H2,1H3,(H2,29,30)/b16-3+. The molecule has 0 spiro atoms. The molecule has 0 unspecified atom stereocenters. The van der Waals surface area contributed by atoms with E-state index >= 15 is 0 Å². The van der Waals surface area contributed by atoms with Crippen LogP contribution in [0.25, 0.3) is 0 Å². The molecular formula is C28H42N4O2.